The molecule has 40 heavy (non-hydrogen) atoms. The highest BCUT2D eigenvalue weighted by Crippen LogP contribution is 2.36. The van der Waals surface area contributed by atoms with Gasteiger partial charge in [-0.3, -0.25) is 9.36 Å². The quantitative estimate of drug-likeness (QED) is 0.245. The maximum Gasteiger partial charge on any atom is 0.338 e. The van der Waals surface area contributed by atoms with Gasteiger partial charge in [0.05, 0.1) is 35.6 Å². The maximum absolute atomic E-state index is 14.0. The lowest BCUT2D eigenvalue weighted by molar-refractivity contribution is -0.138. The zero-order valence-corrected chi connectivity index (χ0v) is 22.8. The molecule has 0 spiro atoms. The van der Waals surface area contributed by atoms with E-state index in [1.807, 2.05) is 66.7 Å². The minimum Gasteiger partial charge on any atom is -0.497 e. The smallest absolute Gasteiger partial charge is 0.338 e. The number of carbonyl (C=O) groups is 1. The van der Waals surface area contributed by atoms with Crippen LogP contribution in [-0.2, 0) is 9.53 Å². The highest BCUT2D eigenvalue weighted by molar-refractivity contribution is 7.07. The minimum absolute atomic E-state index is 0.175. The number of aromatic nitrogens is 1. The van der Waals surface area contributed by atoms with E-state index >= 15 is 0 Å². The molecule has 0 aliphatic carbocycles. The molecule has 1 atom stereocenters. The van der Waals surface area contributed by atoms with Crippen molar-refractivity contribution in [1.82, 2.24) is 4.57 Å². The summed E-state index contributed by atoms with van der Waals surface area (Å²) in [4.78, 5) is 32.8. The molecule has 4 aromatic rings. The van der Waals surface area contributed by atoms with Gasteiger partial charge in [-0.15, -0.1) is 6.42 Å². The van der Waals surface area contributed by atoms with Gasteiger partial charge in [0, 0.05) is 5.56 Å². The van der Waals surface area contributed by atoms with Crippen LogP contribution < -0.4 is 24.4 Å². The van der Waals surface area contributed by atoms with E-state index in [2.05, 4.69) is 5.92 Å². The first kappa shape index (κ1) is 26.7. The van der Waals surface area contributed by atoms with E-state index in [-0.39, 0.29) is 24.3 Å². The van der Waals surface area contributed by atoms with Crippen molar-refractivity contribution in [2.45, 2.75) is 13.0 Å². The molecule has 3 aromatic carbocycles. The Morgan fingerprint density at radius 1 is 1.07 bits per heavy atom. The van der Waals surface area contributed by atoms with Gasteiger partial charge in [0.25, 0.3) is 5.56 Å². The molecule has 1 aliphatic heterocycles. The van der Waals surface area contributed by atoms with Crippen LogP contribution in [0, 0.1) is 12.3 Å². The standard InChI is InChI=1S/C32H26N2O5S/c1-4-18-39-24-16-14-21(15-17-24)19-26-30(35)34-29(23-12-9-13-25(20-23)37-3)27(31(36)38-5-2)28(33-32(34)40-26)22-10-7-6-8-11-22/h1,6-17,19-20,29H,5,18H2,2-3H3/b26-19-/t29-/m1/s1. The fraction of sp³-hybridized carbons (Fsp3) is 0.156. The topological polar surface area (TPSA) is 79.1 Å². The van der Waals surface area contributed by atoms with Gasteiger partial charge in [0.2, 0.25) is 0 Å². The first-order chi connectivity index (χ1) is 19.5. The Morgan fingerprint density at radius 2 is 1.85 bits per heavy atom. The van der Waals surface area contributed by atoms with Crippen LogP contribution in [0.1, 0.15) is 29.7 Å². The minimum atomic E-state index is -0.776. The number of nitrogens with zero attached hydrogens (tertiary/aromatic N) is 2. The number of carbonyl (C=O) groups excluding carboxylic acids is 1. The number of thiazole rings is 1. The molecule has 1 aliphatic rings. The van der Waals surface area contributed by atoms with Crippen molar-refractivity contribution in [3.05, 3.63) is 121 Å². The summed E-state index contributed by atoms with van der Waals surface area (Å²) in [6.07, 6.45) is 7.07. The number of hydrogen-bond acceptors (Lipinski definition) is 7. The molecule has 0 fully saturated rings. The summed E-state index contributed by atoms with van der Waals surface area (Å²) in [6, 6.07) is 23.3. The van der Waals surface area contributed by atoms with Gasteiger partial charge in [0.15, 0.2) is 4.80 Å². The third-order valence-electron chi connectivity index (χ3n) is 6.28. The van der Waals surface area contributed by atoms with Crippen molar-refractivity contribution < 1.29 is 19.0 Å². The molecule has 0 saturated heterocycles. The summed E-state index contributed by atoms with van der Waals surface area (Å²) in [7, 11) is 1.57. The fourth-order valence-corrected chi connectivity index (χ4v) is 5.50. The first-order valence-electron chi connectivity index (χ1n) is 12.6. The molecule has 8 heteroatoms. The van der Waals surface area contributed by atoms with Gasteiger partial charge >= 0.3 is 5.97 Å². The van der Waals surface area contributed by atoms with E-state index in [1.54, 1.807) is 36.8 Å². The maximum atomic E-state index is 14.0. The number of rotatable bonds is 8. The second-order valence-electron chi connectivity index (χ2n) is 8.77. The Labute approximate surface area is 235 Å². The van der Waals surface area contributed by atoms with Crippen molar-refractivity contribution in [3.8, 4) is 23.8 Å². The number of terminal acetylenes is 1. The van der Waals surface area contributed by atoms with Crippen molar-refractivity contribution in [2.75, 3.05) is 20.3 Å². The SMILES string of the molecule is C#CCOc1ccc(/C=c2\sc3n(c2=O)[C@H](c2cccc(OC)c2)C(C(=O)OCC)=C(c2ccccc2)N=3)cc1. The van der Waals surface area contributed by atoms with E-state index in [0.717, 1.165) is 11.1 Å². The zero-order chi connectivity index (χ0) is 28.1. The average Bonchev–Trinajstić information content (AvgIpc) is 3.30. The highest BCUT2D eigenvalue weighted by Gasteiger charge is 2.35. The fourth-order valence-electron chi connectivity index (χ4n) is 4.50. The molecule has 5 rings (SSSR count). The van der Waals surface area contributed by atoms with Crippen LogP contribution >= 0.6 is 11.3 Å². The molecule has 0 bridgehead atoms. The summed E-state index contributed by atoms with van der Waals surface area (Å²) in [6.45, 7) is 2.11. The van der Waals surface area contributed by atoms with E-state index in [1.165, 1.54) is 11.3 Å². The van der Waals surface area contributed by atoms with E-state index < -0.39 is 12.0 Å². The van der Waals surface area contributed by atoms with Gasteiger partial charge in [-0.05, 0) is 48.4 Å². The zero-order valence-electron chi connectivity index (χ0n) is 22.0. The van der Waals surface area contributed by atoms with E-state index in [4.69, 9.17) is 25.6 Å². The Bertz CT molecular complexity index is 1790. The Kier molecular flexibility index (Phi) is 7.94. The molecule has 0 amide bonds. The lowest BCUT2D eigenvalue weighted by Crippen LogP contribution is -2.40. The second kappa shape index (κ2) is 11.9. The third-order valence-corrected chi connectivity index (χ3v) is 7.27. The molecule has 0 saturated carbocycles. The van der Waals surface area contributed by atoms with Crippen LogP contribution in [0.25, 0.3) is 11.8 Å². The number of benzene rings is 3. The number of ether oxygens (including phenoxy) is 3. The number of fused-ring (bicyclic) bond motifs is 1. The Morgan fingerprint density at radius 3 is 2.55 bits per heavy atom. The van der Waals surface area contributed by atoms with Crippen LogP contribution in [0.2, 0.25) is 0 Å². The molecule has 0 unspecified atom stereocenters. The second-order valence-corrected chi connectivity index (χ2v) is 9.78. The molecule has 1 aromatic heterocycles. The lowest BCUT2D eigenvalue weighted by Gasteiger charge is -2.26. The van der Waals surface area contributed by atoms with Crippen molar-refractivity contribution in [1.29, 1.82) is 0 Å². The summed E-state index contributed by atoms with van der Waals surface area (Å²) in [5.41, 5.74) is 2.75. The summed E-state index contributed by atoms with van der Waals surface area (Å²) in [5, 5.41) is 0. The Balaban J connectivity index is 1.75. The predicted octanol–water partition coefficient (Wildman–Crippen LogP) is 3.96. The largest absolute Gasteiger partial charge is 0.497 e. The number of hydrogen-bond donors (Lipinski definition) is 0. The lowest BCUT2D eigenvalue weighted by atomic mass is 9.93. The summed E-state index contributed by atoms with van der Waals surface area (Å²) in [5.74, 6) is 3.15. The van der Waals surface area contributed by atoms with Crippen molar-refractivity contribution >= 4 is 29.1 Å². The molecule has 2 heterocycles. The summed E-state index contributed by atoms with van der Waals surface area (Å²) < 4.78 is 18.5. The van der Waals surface area contributed by atoms with Crippen LogP contribution in [0.3, 0.4) is 0 Å². The van der Waals surface area contributed by atoms with E-state index in [9.17, 15) is 9.59 Å². The Hall–Kier alpha value is -4.87. The van der Waals surface area contributed by atoms with Crippen LogP contribution in [0.5, 0.6) is 11.5 Å². The monoisotopic (exact) mass is 550 g/mol. The van der Waals surface area contributed by atoms with Crippen LogP contribution in [-0.4, -0.2) is 30.9 Å². The normalized spacial score (nSPS) is 14.6. The molecular formula is C32H26N2O5S. The molecule has 200 valence electrons. The molecule has 0 N–H and O–H groups in total. The molecular weight excluding hydrogens is 524 g/mol. The third kappa shape index (κ3) is 5.33. The summed E-state index contributed by atoms with van der Waals surface area (Å²) >= 11 is 1.26. The van der Waals surface area contributed by atoms with Gasteiger partial charge in [0.1, 0.15) is 18.1 Å². The van der Waals surface area contributed by atoms with E-state index in [0.29, 0.717) is 32.1 Å². The number of esters is 1. The molecule has 0 radical (unpaired) electrons. The highest BCUT2D eigenvalue weighted by atomic mass is 32.1. The first-order valence-corrected chi connectivity index (χ1v) is 13.4. The number of methoxy groups -OCH3 is 1. The van der Waals surface area contributed by atoms with Gasteiger partial charge in [-0.1, -0.05) is 71.9 Å². The van der Waals surface area contributed by atoms with Crippen molar-refractivity contribution in [2.24, 2.45) is 4.99 Å². The van der Waals surface area contributed by atoms with Crippen molar-refractivity contribution in [3.63, 3.8) is 0 Å². The van der Waals surface area contributed by atoms with Gasteiger partial charge in [-0.25, -0.2) is 9.79 Å². The van der Waals surface area contributed by atoms with Crippen LogP contribution in [0.4, 0.5) is 0 Å². The predicted molar refractivity (Wildman–Crippen MR) is 155 cm³/mol. The van der Waals surface area contributed by atoms with Gasteiger partial charge < -0.3 is 14.2 Å². The van der Waals surface area contributed by atoms with Crippen LogP contribution in [0.15, 0.2) is 94.2 Å². The van der Waals surface area contributed by atoms with Gasteiger partial charge in [-0.2, -0.15) is 0 Å². The average molecular weight is 551 g/mol. The molecule has 7 nitrogen and oxygen atoms in total.